The van der Waals surface area contributed by atoms with Crippen LogP contribution in [0.4, 0.5) is 0 Å². The first-order valence-electron chi connectivity index (χ1n) is 6.11. The molecule has 0 bridgehead atoms. The van der Waals surface area contributed by atoms with Crippen molar-refractivity contribution < 1.29 is 9.84 Å². The maximum absolute atomic E-state index is 8.72. The number of nitrogens with zero attached hydrogens (tertiary/aromatic N) is 1. The summed E-state index contributed by atoms with van der Waals surface area (Å²) in [7, 11) is 0. The minimum Gasteiger partial charge on any atom is -0.465 e. The van der Waals surface area contributed by atoms with Gasteiger partial charge < -0.3 is 9.84 Å². The van der Waals surface area contributed by atoms with Crippen LogP contribution < -0.4 is 4.74 Å². The molecule has 1 aromatic carbocycles. The Labute approximate surface area is 111 Å². The normalized spacial score (nSPS) is 10.5. The SMILES string of the molecule is OCCCCc1cnc(OCc2ccccc2)s1. The molecule has 0 unspecified atom stereocenters. The minimum absolute atomic E-state index is 0.260. The smallest absolute Gasteiger partial charge is 0.273 e. The third-order valence-electron chi connectivity index (χ3n) is 2.57. The molecule has 0 saturated heterocycles. The maximum Gasteiger partial charge on any atom is 0.273 e. The predicted molar refractivity (Wildman–Crippen MR) is 72.9 cm³/mol. The first kappa shape index (κ1) is 13.1. The lowest BCUT2D eigenvalue weighted by Crippen LogP contribution is -1.93. The van der Waals surface area contributed by atoms with E-state index in [4.69, 9.17) is 9.84 Å². The van der Waals surface area contributed by atoms with Gasteiger partial charge in [-0.3, -0.25) is 0 Å². The fourth-order valence-corrected chi connectivity index (χ4v) is 2.40. The molecular formula is C14H17NO2S. The second kappa shape index (κ2) is 7.13. The second-order valence-electron chi connectivity index (χ2n) is 4.05. The lowest BCUT2D eigenvalue weighted by atomic mass is 10.2. The molecule has 0 spiro atoms. The highest BCUT2D eigenvalue weighted by Crippen LogP contribution is 2.22. The number of hydrogen-bond donors (Lipinski definition) is 1. The van der Waals surface area contributed by atoms with Crippen LogP contribution >= 0.6 is 11.3 Å². The van der Waals surface area contributed by atoms with Crippen LogP contribution in [0, 0.1) is 0 Å². The summed E-state index contributed by atoms with van der Waals surface area (Å²) in [5, 5.41) is 9.44. The van der Waals surface area contributed by atoms with E-state index in [1.54, 1.807) is 11.3 Å². The van der Waals surface area contributed by atoms with Crippen LogP contribution in [0.5, 0.6) is 5.19 Å². The Bertz CT molecular complexity index is 456. The van der Waals surface area contributed by atoms with Crippen molar-refractivity contribution in [3.63, 3.8) is 0 Å². The fraction of sp³-hybridized carbons (Fsp3) is 0.357. The second-order valence-corrected chi connectivity index (χ2v) is 5.13. The zero-order valence-corrected chi connectivity index (χ0v) is 11.0. The largest absolute Gasteiger partial charge is 0.465 e. The van der Waals surface area contributed by atoms with Gasteiger partial charge in [-0.15, -0.1) is 0 Å². The number of unbranched alkanes of at least 4 members (excludes halogenated alkanes) is 1. The Kier molecular flexibility index (Phi) is 5.17. The van der Waals surface area contributed by atoms with Crippen molar-refractivity contribution in [2.45, 2.75) is 25.9 Å². The van der Waals surface area contributed by atoms with Crippen LogP contribution in [-0.4, -0.2) is 16.7 Å². The topological polar surface area (TPSA) is 42.4 Å². The van der Waals surface area contributed by atoms with Crippen LogP contribution in [-0.2, 0) is 13.0 Å². The van der Waals surface area contributed by atoms with E-state index >= 15 is 0 Å². The average Bonchev–Trinajstić information content (AvgIpc) is 2.86. The zero-order chi connectivity index (χ0) is 12.6. The lowest BCUT2D eigenvalue weighted by Gasteiger charge is -2.01. The van der Waals surface area contributed by atoms with Crippen LogP contribution in [0.2, 0.25) is 0 Å². The average molecular weight is 263 g/mol. The molecule has 18 heavy (non-hydrogen) atoms. The molecule has 0 amide bonds. The highest BCUT2D eigenvalue weighted by atomic mass is 32.1. The van der Waals surface area contributed by atoms with Crippen molar-refractivity contribution in [3.05, 3.63) is 47.0 Å². The van der Waals surface area contributed by atoms with Crippen molar-refractivity contribution in [3.8, 4) is 5.19 Å². The molecular weight excluding hydrogens is 246 g/mol. The highest BCUT2D eigenvalue weighted by molar-refractivity contribution is 7.13. The number of aliphatic hydroxyl groups is 1. The Hall–Kier alpha value is -1.39. The molecule has 4 heteroatoms. The Morgan fingerprint density at radius 3 is 2.78 bits per heavy atom. The third-order valence-corrected chi connectivity index (χ3v) is 3.54. The van der Waals surface area contributed by atoms with Gasteiger partial charge in [0, 0.05) is 17.7 Å². The molecule has 0 atom stereocenters. The molecule has 1 aromatic heterocycles. The van der Waals surface area contributed by atoms with E-state index in [1.807, 2.05) is 36.5 Å². The number of ether oxygens (including phenoxy) is 1. The van der Waals surface area contributed by atoms with Crippen molar-refractivity contribution in [1.29, 1.82) is 0 Å². The van der Waals surface area contributed by atoms with Crippen LogP contribution in [0.1, 0.15) is 23.3 Å². The summed E-state index contributed by atoms with van der Waals surface area (Å²) in [5.74, 6) is 0. The van der Waals surface area contributed by atoms with Gasteiger partial charge in [0.2, 0.25) is 0 Å². The van der Waals surface area contributed by atoms with Crippen LogP contribution in [0.25, 0.3) is 0 Å². The lowest BCUT2D eigenvalue weighted by molar-refractivity contribution is 0.285. The molecule has 0 radical (unpaired) electrons. The summed E-state index contributed by atoms with van der Waals surface area (Å²) in [6, 6.07) is 10.1. The number of aromatic nitrogens is 1. The minimum atomic E-state index is 0.260. The van der Waals surface area contributed by atoms with E-state index in [0.717, 1.165) is 30.0 Å². The molecule has 1 N–H and O–H groups in total. The summed E-state index contributed by atoms with van der Waals surface area (Å²) in [6.07, 6.45) is 4.67. The molecule has 3 nitrogen and oxygen atoms in total. The highest BCUT2D eigenvalue weighted by Gasteiger charge is 2.03. The first-order chi connectivity index (χ1) is 8.88. The molecule has 0 aliphatic heterocycles. The van der Waals surface area contributed by atoms with E-state index in [9.17, 15) is 0 Å². The molecule has 2 rings (SSSR count). The van der Waals surface area contributed by atoms with Crippen LogP contribution in [0.3, 0.4) is 0 Å². The third kappa shape index (κ3) is 4.13. The number of aliphatic hydroxyl groups excluding tert-OH is 1. The van der Waals surface area contributed by atoms with E-state index in [2.05, 4.69) is 4.98 Å². The van der Waals surface area contributed by atoms with Crippen molar-refractivity contribution in [2.24, 2.45) is 0 Å². The van der Waals surface area contributed by atoms with Crippen LogP contribution in [0.15, 0.2) is 36.5 Å². The molecule has 0 aliphatic rings. The van der Waals surface area contributed by atoms with Gasteiger partial charge in [-0.05, 0) is 24.8 Å². The molecule has 2 aromatic rings. The van der Waals surface area contributed by atoms with Gasteiger partial charge in [0.1, 0.15) is 6.61 Å². The van der Waals surface area contributed by atoms with E-state index in [1.165, 1.54) is 4.88 Å². The first-order valence-corrected chi connectivity index (χ1v) is 6.92. The summed E-state index contributed by atoms with van der Waals surface area (Å²) in [5.41, 5.74) is 1.15. The number of hydrogen-bond acceptors (Lipinski definition) is 4. The summed E-state index contributed by atoms with van der Waals surface area (Å²) in [6.45, 7) is 0.820. The molecule has 0 aliphatic carbocycles. The summed E-state index contributed by atoms with van der Waals surface area (Å²) >= 11 is 1.59. The molecule has 0 fully saturated rings. The van der Waals surface area contributed by atoms with Gasteiger partial charge in [0.15, 0.2) is 0 Å². The van der Waals surface area contributed by atoms with E-state index in [-0.39, 0.29) is 6.61 Å². The summed E-state index contributed by atoms with van der Waals surface area (Å²) in [4.78, 5) is 5.46. The van der Waals surface area contributed by atoms with Gasteiger partial charge in [0.25, 0.3) is 5.19 Å². The number of benzene rings is 1. The Morgan fingerprint density at radius 1 is 1.17 bits per heavy atom. The molecule has 96 valence electrons. The molecule has 1 heterocycles. The van der Waals surface area contributed by atoms with E-state index < -0.39 is 0 Å². The summed E-state index contributed by atoms with van der Waals surface area (Å²) < 4.78 is 5.64. The predicted octanol–water partition coefficient (Wildman–Crippen LogP) is 3.04. The van der Waals surface area contributed by atoms with Crippen molar-refractivity contribution in [1.82, 2.24) is 4.98 Å². The molecule has 0 saturated carbocycles. The van der Waals surface area contributed by atoms with Crippen molar-refractivity contribution in [2.75, 3.05) is 6.61 Å². The Morgan fingerprint density at radius 2 is 2.00 bits per heavy atom. The van der Waals surface area contributed by atoms with Gasteiger partial charge >= 0.3 is 0 Å². The van der Waals surface area contributed by atoms with Gasteiger partial charge in [-0.1, -0.05) is 41.7 Å². The zero-order valence-electron chi connectivity index (χ0n) is 10.2. The van der Waals surface area contributed by atoms with Crippen molar-refractivity contribution >= 4 is 11.3 Å². The number of aryl methyl sites for hydroxylation is 1. The fourth-order valence-electron chi connectivity index (χ4n) is 1.60. The number of rotatable bonds is 7. The van der Waals surface area contributed by atoms with E-state index in [0.29, 0.717) is 6.61 Å². The monoisotopic (exact) mass is 263 g/mol. The van der Waals surface area contributed by atoms with Gasteiger partial charge in [-0.25, -0.2) is 4.98 Å². The van der Waals surface area contributed by atoms with Gasteiger partial charge in [-0.2, -0.15) is 0 Å². The quantitative estimate of drug-likeness (QED) is 0.781. The van der Waals surface area contributed by atoms with Gasteiger partial charge in [0.05, 0.1) is 0 Å². The standard InChI is InChI=1S/C14H17NO2S/c16-9-5-4-8-13-10-15-14(18-13)17-11-12-6-2-1-3-7-12/h1-3,6-7,10,16H,4-5,8-9,11H2. The number of thiazole rings is 1. The Balaban J connectivity index is 1.80. The maximum atomic E-state index is 8.72.